The van der Waals surface area contributed by atoms with Crippen LogP contribution in [0.15, 0.2) is 22.7 Å². The van der Waals surface area contributed by atoms with Crippen molar-refractivity contribution >= 4 is 27.5 Å². The molecule has 1 saturated heterocycles. The molecule has 2 nitrogen and oxygen atoms in total. The van der Waals surface area contributed by atoms with E-state index >= 15 is 0 Å². The van der Waals surface area contributed by atoms with Gasteiger partial charge in [0, 0.05) is 35.2 Å². The van der Waals surface area contributed by atoms with Crippen molar-refractivity contribution in [2.24, 2.45) is 17.6 Å². The molecule has 1 aliphatic heterocycles. The molecule has 2 fully saturated rings. The minimum Gasteiger partial charge on any atom is -0.329 e. The zero-order valence-corrected chi connectivity index (χ0v) is 13.3. The maximum Gasteiger partial charge on any atom is 0.0481 e. The number of nitrogens with two attached hydrogens (primary N) is 1. The van der Waals surface area contributed by atoms with Crippen LogP contribution in [0.1, 0.15) is 30.9 Å². The Kier molecular flexibility index (Phi) is 4.18. The van der Waals surface area contributed by atoms with Gasteiger partial charge in [0.1, 0.15) is 0 Å². The number of halogens is 2. The fraction of sp³-hybridized carbons (Fsp3) is 0.600. The molecule has 1 aliphatic carbocycles. The number of likely N-dealkylation sites (tertiary alicyclic amines) is 1. The number of rotatable bonds is 3. The van der Waals surface area contributed by atoms with Crippen LogP contribution in [0.2, 0.25) is 5.02 Å². The Bertz CT molecular complexity index is 453. The summed E-state index contributed by atoms with van der Waals surface area (Å²) in [5, 5.41) is 0.768. The molecule has 104 valence electrons. The Morgan fingerprint density at radius 3 is 2.58 bits per heavy atom. The first-order valence-corrected chi connectivity index (χ1v) is 8.25. The molecule has 1 aromatic carbocycles. The van der Waals surface area contributed by atoms with Gasteiger partial charge >= 0.3 is 0 Å². The molecule has 4 heteroatoms. The van der Waals surface area contributed by atoms with Crippen LogP contribution in [0.5, 0.6) is 0 Å². The van der Waals surface area contributed by atoms with Crippen molar-refractivity contribution in [1.29, 1.82) is 0 Å². The lowest BCUT2D eigenvalue weighted by molar-refractivity contribution is 0.231. The smallest absolute Gasteiger partial charge is 0.0481 e. The molecule has 2 N–H and O–H groups in total. The molecule has 3 rings (SSSR count). The monoisotopic (exact) mass is 342 g/mol. The highest BCUT2D eigenvalue weighted by Crippen LogP contribution is 2.41. The minimum absolute atomic E-state index is 0.317. The van der Waals surface area contributed by atoms with E-state index in [1.54, 1.807) is 0 Å². The second kappa shape index (κ2) is 5.72. The van der Waals surface area contributed by atoms with Crippen molar-refractivity contribution in [3.63, 3.8) is 0 Å². The summed E-state index contributed by atoms with van der Waals surface area (Å²) >= 11 is 9.66. The quantitative estimate of drug-likeness (QED) is 0.903. The third-order valence-electron chi connectivity index (χ3n) is 4.74. The van der Waals surface area contributed by atoms with E-state index in [9.17, 15) is 0 Å². The average molecular weight is 344 g/mol. The molecule has 3 unspecified atom stereocenters. The van der Waals surface area contributed by atoms with Crippen LogP contribution >= 0.6 is 27.5 Å². The first-order chi connectivity index (χ1) is 9.19. The van der Waals surface area contributed by atoms with Gasteiger partial charge in [-0.15, -0.1) is 0 Å². The van der Waals surface area contributed by atoms with Gasteiger partial charge in [-0.05, 0) is 42.4 Å². The molecular formula is C15H20BrClN2. The number of nitrogens with zero attached hydrogens (tertiary/aromatic N) is 1. The van der Waals surface area contributed by atoms with Gasteiger partial charge in [0.2, 0.25) is 0 Å². The molecule has 1 saturated carbocycles. The van der Waals surface area contributed by atoms with E-state index in [0.717, 1.165) is 21.3 Å². The van der Waals surface area contributed by atoms with Crippen LogP contribution < -0.4 is 5.73 Å². The van der Waals surface area contributed by atoms with E-state index in [1.807, 2.05) is 12.1 Å². The molecular weight excluding hydrogens is 324 g/mol. The van der Waals surface area contributed by atoms with E-state index in [2.05, 4.69) is 26.9 Å². The predicted octanol–water partition coefficient (Wildman–Crippen LogP) is 3.83. The van der Waals surface area contributed by atoms with Crippen LogP contribution in [-0.2, 0) is 0 Å². The third kappa shape index (κ3) is 2.71. The van der Waals surface area contributed by atoms with Crippen LogP contribution in [-0.4, -0.2) is 24.5 Å². The van der Waals surface area contributed by atoms with Gasteiger partial charge in [-0.3, -0.25) is 4.90 Å². The molecule has 0 aromatic heterocycles. The molecule has 0 amide bonds. The Morgan fingerprint density at radius 1 is 1.32 bits per heavy atom. The fourth-order valence-electron chi connectivity index (χ4n) is 3.77. The maximum absolute atomic E-state index is 6.05. The largest absolute Gasteiger partial charge is 0.329 e. The average Bonchev–Trinajstić information content (AvgIpc) is 2.93. The van der Waals surface area contributed by atoms with Gasteiger partial charge in [-0.2, -0.15) is 0 Å². The Hall–Kier alpha value is -0.0900. The number of benzene rings is 1. The van der Waals surface area contributed by atoms with Gasteiger partial charge in [-0.1, -0.05) is 40.0 Å². The van der Waals surface area contributed by atoms with E-state index in [4.69, 9.17) is 17.3 Å². The fourth-order valence-corrected chi connectivity index (χ4v) is 4.72. The predicted molar refractivity (Wildman–Crippen MR) is 83.4 cm³/mol. The van der Waals surface area contributed by atoms with Crippen LogP contribution in [0.4, 0.5) is 0 Å². The van der Waals surface area contributed by atoms with Crippen molar-refractivity contribution in [1.82, 2.24) is 4.90 Å². The Balaban J connectivity index is 1.81. The topological polar surface area (TPSA) is 29.3 Å². The summed E-state index contributed by atoms with van der Waals surface area (Å²) in [6.07, 6.45) is 4.22. The summed E-state index contributed by atoms with van der Waals surface area (Å²) < 4.78 is 1.08. The molecule has 1 heterocycles. The molecule has 0 spiro atoms. The summed E-state index contributed by atoms with van der Waals surface area (Å²) in [6, 6.07) is 6.35. The van der Waals surface area contributed by atoms with Crippen molar-refractivity contribution in [2.75, 3.05) is 19.6 Å². The van der Waals surface area contributed by atoms with Gasteiger partial charge in [0.05, 0.1) is 0 Å². The lowest BCUT2D eigenvalue weighted by atomic mass is 10.0. The minimum atomic E-state index is 0.317. The molecule has 2 aliphatic rings. The van der Waals surface area contributed by atoms with Crippen LogP contribution in [0.25, 0.3) is 0 Å². The highest BCUT2D eigenvalue weighted by atomic mass is 79.9. The lowest BCUT2D eigenvalue weighted by Crippen LogP contribution is -2.33. The van der Waals surface area contributed by atoms with Crippen molar-refractivity contribution in [2.45, 2.75) is 25.3 Å². The summed E-state index contributed by atoms with van der Waals surface area (Å²) in [7, 11) is 0. The summed E-state index contributed by atoms with van der Waals surface area (Å²) in [5.41, 5.74) is 7.32. The molecule has 3 atom stereocenters. The van der Waals surface area contributed by atoms with Crippen LogP contribution in [0.3, 0.4) is 0 Å². The first-order valence-electron chi connectivity index (χ1n) is 7.08. The van der Waals surface area contributed by atoms with E-state index in [-0.39, 0.29) is 0 Å². The number of hydrogen-bond acceptors (Lipinski definition) is 2. The van der Waals surface area contributed by atoms with Crippen LogP contribution in [0, 0.1) is 11.8 Å². The molecule has 19 heavy (non-hydrogen) atoms. The number of fused-ring (bicyclic) bond motifs is 1. The zero-order valence-electron chi connectivity index (χ0n) is 11.0. The summed E-state index contributed by atoms with van der Waals surface area (Å²) in [4.78, 5) is 2.57. The van der Waals surface area contributed by atoms with Gasteiger partial charge in [-0.25, -0.2) is 0 Å². The maximum atomic E-state index is 6.05. The normalized spacial score (nSPS) is 28.6. The highest BCUT2D eigenvalue weighted by Gasteiger charge is 2.38. The zero-order chi connectivity index (χ0) is 13.4. The SMILES string of the molecule is NCC(c1ccc(Cl)cc1Br)N1CC2CCCC2C1. The standard InChI is InChI=1S/C15H20BrClN2/c16-14-6-12(17)4-5-13(14)15(7-18)19-8-10-2-1-3-11(10)9-19/h4-6,10-11,15H,1-3,7-9,18H2. The number of hydrogen-bond donors (Lipinski definition) is 1. The lowest BCUT2D eigenvalue weighted by Gasteiger charge is -2.28. The van der Waals surface area contributed by atoms with Gasteiger partial charge in [0.25, 0.3) is 0 Å². The van der Waals surface area contributed by atoms with E-state index < -0.39 is 0 Å². The van der Waals surface area contributed by atoms with E-state index in [1.165, 1.54) is 37.9 Å². The highest BCUT2D eigenvalue weighted by molar-refractivity contribution is 9.10. The van der Waals surface area contributed by atoms with Gasteiger partial charge < -0.3 is 5.73 Å². The summed E-state index contributed by atoms with van der Waals surface area (Å²) in [6.45, 7) is 3.09. The molecule has 1 aromatic rings. The van der Waals surface area contributed by atoms with Crippen molar-refractivity contribution in [3.05, 3.63) is 33.3 Å². The molecule has 0 radical (unpaired) electrons. The summed E-state index contributed by atoms with van der Waals surface area (Å²) in [5.74, 6) is 1.81. The Labute approximate surface area is 128 Å². The van der Waals surface area contributed by atoms with Gasteiger partial charge in [0.15, 0.2) is 0 Å². The van der Waals surface area contributed by atoms with E-state index in [0.29, 0.717) is 12.6 Å². The first kappa shape index (κ1) is 13.9. The molecule has 0 bridgehead atoms. The Morgan fingerprint density at radius 2 is 2.00 bits per heavy atom. The third-order valence-corrected chi connectivity index (χ3v) is 5.66. The second-order valence-corrected chi connectivity index (χ2v) is 7.11. The van der Waals surface area contributed by atoms with Crippen molar-refractivity contribution < 1.29 is 0 Å². The second-order valence-electron chi connectivity index (χ2n) is 5.82. The van der Waals surface area contributed by atoms with Crippen molar-refractivity contribution in [3.8, 4) is 0 Å².